The Morgan fingerprint density at radius 3 is 3.00 bits per heavy atom. The number of thiazole rings is 1. The van der Waals surface area contributed by atoms with E-state index in [1.54, 1.807) is 11.3 Å². The van der Waals surface area contributed by atoms with Crippen molar-refractivity contribution in [3.05, 3.63) is 46.4 Å². The summed E-state index contributed by atoms with van der Waals surface area (Å²) in [6.07, 6.45) is 2.23. The van der Waals surface area contributed by atoms with Crippen molar-refractivity contribution in [3.8, 4) is 5.69 Å². The number of tetrazole rings is 1. The molecule has 0 atom stereocenters. The number of aromatic nitrogens is 5. The molecule has 0 aliphatic rings. The molecule has 0 fully saturated rings. The predicted octanol–water partition coefficient (Wildman–Crippen LogP) is 2.14. The fraction of sp³-hybridized carbons (Fsp3) is 0.214. The normalized spacial score (nSPS) is 10.6. The van der Waals surface area contributed by atoms with Gasteiger partial charge in [-0.05, 0) is 35.0 Å². The van der Waals surface area contributed by atoms with Crippen molar-refractivity contribution in [3.63, 3.8) is 0 Å². The van der Waals surface area contributed by atoms with Crippen LogP contribution in [0.25, 0.3) is 5.69 Å². The molecule has 3 rings (SSSR count). The zero-order valence-corrected chi connectivity index (χ0v) is 13.5. The van der Waals surface area contributed by atoms with Gasteiger partial charge in [0.2, 0.25) is 0 Å². The van der Waals surface area contributed by atoms with Gasteiger partial charge in [0, 0.05) is 5.38 Å². The molecule has 2 heterocycles. The number of urea groups is 1. The summed E-state index contributed by atoms with van der Waals surface area (Å²) in [6, 6.07) is 3.68. The van der Waals surface area contributed by atoms with Gasteiger partial charge in [-0.1, -0.05) is 6.92 Å². The van der Waals surface area contributed by atoms with Crippen LogP contribution in [0.15, 0.2) is 29.9 Å². The molecule has 0 saturated heterocycles. The van der Waals surface area contributed by atoms with Crippen LogP contribution in [-0.2, 0) is 13.0 Å². The van der Waals surface area contributed by atoms with Gasteiger partial charge >= 0.3 is 6.03 Å². The first-order chi connectivity index (χ1) is 11.7. The summed E-state index contributed by atoms with van der Waals surface area (Å²) in [6.45, 7) is 2.29. The monoisotopic (exact) mass is 347 g/mol. The lowest BCUT2D eigenvalue weighted by molar-refractivity contribution is 0.251. The number of nitrogens with zero attached hydrogens (tertiary/aromatic N) is 5. The van der Waals surface area contributed by atoms with Crippen LogP contribution < -0.4 is 10.6 Å². The van der Waals surface area contributed by atoms with E-state index in [1.807, 2.05) is 12.3 Å². The maximum Gasteiger partial charge on any atom is 0.319 e. The van der Waals surface area contributed by atoms with E-state index >= 15 is 0 Å². The van der Waals surface area contributed by atoms with Gasteiger partial charge in [0.15, 0.2) is 0 Å². The minimum Gasteiger partial charge on any atom is -0.332 e. The molecule has 0 radical (unpaired) electrons. The number of halogens is 1. The molecule has 10 heteroatoms. The summed E-state index contributed by atoms with van der Waals surface area (Å²) >= 11 is 1.54. The number of aryl methyl sites for hydroxylation is 1. The lowest BCUT2D eigenvalue weighted by Gasteiger charge is -2.09. The van der Waals surface area contributed by atoms with Crippen LogP contribution in [0.1, 0.15) is 17.6 Å². The van der Waals surface area contributed by atoms with E-state index in [4.69, 9.17) is 0 Å². The zero-order chi connectivity index (χ0) is 16.9. The molecule has 2 amide bonds. The molecule has 24 heavy (non-hydrogen) atoms. The molecule has 0 bridgehead atoms. The van der Waals surface area contributed by atoms with Crippen LogP contribution in [0.4, 0.5) is 14.9 Å². The molecule has 0 aliphatic heterocycles. The maximum atomic E-state index is 13.9. The lowest BCUT2D eigenvalue weighted by Crippen LogP contribution is -2.28. The Bertz CT molecular complexity index is 834. The van der Waals surface area contributed by atoms with E-state index in [2.05, 4.69) is 31.1 Å². The number of anilines is 1. The number of benzene rings is 1. The number of hydrogen-bond donors (Lipinski definition) is 2. The summed E-state index contributed by atoms with van der Waals surface area (Å²) in [5, 5.41) is 18.8. The molecule has 0 unspecified atom stereocenters. The predicted molar refractivity (Wildman–Crippen MR) is 86.5 cm³/mol. The van der Waals surface area contributed by atoms with Crippen molar-refractivity contribution >= 4 is 23.1 Å². The van der Waals surface area contributed by atoms with Crippen molar-refractivity contribution in [2.24, 2.45) is 0 Å². The van der Waals surface area contributed by atoms with Gasteiger partial charge in [-0.25, -0.2) is 18.9 Å². The van der Waals surface area contributed by atoms with Gasteiger partial charge in [-0.2, -0.15) is 0 Å². The Kier molecular flexibility index (Phi) is 4.75. The number of carbonyl (C=O) groups is 1. The molecular weight excluding hydrogens is 333 g/mol. The van der Waals surface area contributed by atoms with E-state index in [0.29, 0.717) is 5.69 Å². The minimum atomic E-state index is -0.552. The third kappa shape index (κ3) is 3.71. The first kappa shape index (κ1) is 16.0. The number of nitrogens with one attached hydrogen (secondary N) is 2. The fourth-order valence-electron chi connectivity index (χ4n) is 1.96. The van der Waals surface area contributed by atoms with Crippen LogP contribution in [-0.4, -0.2) is 31.2 Å². The Balaban J connectivity index is 1.64. The smallest absolute Gasteiger partial charge is 0.319 e. The van der Waals surface area contributed by atoms with Crippen molar-refractivity contribution in [1.82, 2.24) is 30.5 Å². The van der Waals surface area contributed by atoms with E-state index in [-0.39, 0.29) is 12.2 Å². The highest BCUT2D eigenvalue weighted by Gasteiger charge is 2.10. The molecule has 3 aromatic rings. The standard InChI is InChI=1S/C14H14FN7OS/c1-2-13-18-9(7-24-13)6-16-14(23)19-12-5-10(3-4-11(12)15)22-8-17-20-21-22/h3-5,7-8H,2,6H2,1H3,(H2,16,19,23). The quantitative estimate of drug-likeness (QED) is 0.737. The van der Waals surface area contributed by atoms with Gasteiger partial charge in [-0.3, -0.25) is 0 Å². The van der Waals surface area contributed by atoms with Gasteiger partial charge in [0.25, 0.3) is 0 Å². The lowest BCUT2D eigenvalue weighted by atomic mass is 10.2. The van der Waals surface area contributed by atoms with Gasteiger partial charge in [-0.15, -0.1) is 16.4 Å². The topological polar surface area (TPSA) is 97.6 Å². The van der Waals surface area contributed by atoms with Crippen molar-refractivity contribution in [2.45, 2.75) is 19.9 Å². The fourth-order valence-corrected chi connectivity index (χ4v) is 2.71. The third-order valence-corrected chi connectivity index (χ3v) is 4.19. The average Bonchev–Trinajstić information content (AvgIpc) is 3.26. The van der Waals surface area contributed by atoms with Crippen molar-refractivity contribution in [1.29, 1.82) is 0 Å². The molecular formula is C14H14FN7OS. The van der Waals surface area contributed by atoms with Crippen molar-refractivity contribution in [2.75, 3.05) is 5.32 Å². The van der Waals surface area contributed by atoms with Crippen molar-refractivity contribution < 1.29 is 9.18 Å². The van der Waals surface area contributed by atoms with Gasteiger partial charge in [0.05, 0.1) is 28.6 Å². The van der Waals surface area contributed by atoms with Crippen LogP contribution in [0.3, 0.4) is 0 Å². The van der Waals surface area contributed by atoms with Gasteiger partial charge in [0.1, 0.15) is 12.1 Å². The Hall–Kier alpha value is -2.88. The second kappa shape index (κ2) is 7.13. The van der Waals surface area contributed by atoms with Crippen LogP contribution in [0.2, 0.25) is 0 Å². The number of amides is 2. The SMILES string of the molecule is CCc1nc(CNC(=O)Nc2cc(-n3cnnn3)ccc2F)cs1. The van der Waals surface area contributed by atoms with E-state index in [9.17, 15) is 9.18 Å². The third-order valence-electron chi connectivity index (χ3n) is 3.14. The summed E-state index contributed by atoms with van der Waals surface area (Å²) in [4.78, 5) is 16.3. The molecule has 124 valence electrons. The molecule has 0 spiro atoms. The van der Waals surface area contributed by atoms with E-state index in [1.165, 1.54) is 29.2 Å². The number of rotatable bonds is 5. The average molecular weight is 347 g/mol. The van der Waals surface area contributed by atoms with E-state index < -0.39 is 11.8 Å². The molecule has 2 N–H and O–H groups in total. The Morgan fingerprint density at radius 1 is 1.42 bits per heavy atom. The van der Waals surface area contributed by atoms with E-state index in [0.717, 1.165) is 17.1 Å². The highest BCUT2D eigenvalue weighted by atomic mass is 32.1. The minimum absolute atomic E-state index is 0.0352. The summed E-state index contributed by atoms with van der Waals surface area (Å²) < 4.78 is 15.2. The second-order valence-corrected chi connectivity index (χ2v) is 5.76. The molecule has 8 nitrogen and oxygen atoms in total. The van der Waals surface area contributed by atoms with Crippen LogP contribution >= 0.6 is 11.3 Å². The highest BCUT2D eigenvalue weighted by molar-refractivity contribution is 7.09. The summed E-state index contributed by atoms with van der Waals surface area (Å²) in [5.41, 5.74) is 1.34. The summed E-state index contributed by atoms with van der Waals surface area (Å²) in [5.74, 6) is -0.552. The van der Waals surface area contributed by atoms with Gasteiger partial charge < -0.3 is 10.6 Å². The molecule has 1 aromatic carbocycles. The highest BCUT2D eigenvalue weighted by Crippen LogP contribution is 2.18. The maximum absolute atomic E-state index is 13.9. The zero-order valence-electron chi connectivity index (χ0n) is 12.7. The number of carbonyl (C=O) groups excluding carboxylic acids is 1. The molecule has 0 aliphatic carbocycles. The molecule has 0 saturated carbocycles. The van der Waals surface area contributed by atoms with Crippen LogP contribution in [0, 0.1) is 5.82 Å². The second-order valence-electron chi connectivity index (χ2n) is 4.81. The Labute approximate surface area is 140 Å². The largest absolute Gasteiger partial charge is 0.332 e. The summed E-state index contributed by atoms with van der Waals surface area (Å²) in [7, 11) is 0. The first-order valence-corrected chi connectivity index (χ1v) is 8.04. The molecule has 2 aromatic heterocycles. The number of hydrogen-bond acceptors (Lipinski definition) is 6. The van der Waals surface area contributed by atoms with Crippen LogP contribution in [0.5, 0.6) is 0 Å². The first-order valence-electron chi connectivity index (χ1n) is 7.16. The Morgan fingerprint density at radius 2 is 2.29 bits per heavy atom.